The van der Waals surface area contributed by atoms with Crippen molar-refractivity contribution in [1.82, 2.24) is 0 Å². The molecule has 0 saturated heterocycles. The van der Waals surface area contributed by atoms with Crippen molar-refractivity contribution in [3.8, 4) is 44.9 Å². The first kappa shape index (κ1) is 30.9. The number of hydrogen-bond acceptors (Lipinski definition) is 2. The Morgan fingerprint density at radius 2 is 0.850 bits per heavy atom. The van der Waals surface area contributed by atoms with Gasteiger partial charge in [-0.25, -0.2) is 0 Å². The van der Waals surface area contributed by atoms with Gasteiger partial charge in [0, 0.05) is 6.42 Å². The van der Waals surface area contributed by atoms with E-state index in [0.29, 0.717) is 0 Å². The van der Waals surface area contributed by atoms with Gasteiger partial charge in [-0.3, -0.25) is 0 Å². The molecule has 1 aliphatic carbocycles. The summed E-state index contributed by atoms with van der Waals surface area (Å²) < 4.78 is 10.8. The third-order valence-corrected chi connectivity index (χ3v) is 7.40. The fraction of sp³-hybridized carbons (Fsp3) is 0.286. The molecule has 4 aromatic rings. The molecule has 0 N–H and O–H groups in total. The molecule has 207 valence electrons. The third kappa shape index (κ3) is 6.54. The molecular weight excluding hydrogens is 615 g/mol. The van der Waals surface area contributed by atoms with Crippen molar-refractivity contribution in [2.24, 2.45) is 0 Å². The first-order valence-electron chi connectivity index (χ1n) is 13.4. The van der Waals surface area contributed by atoms with Gasteiger partial charge in [0.05, 0.1) is 14.2 Å². The molecule has 2 nitrogen and oxygen atoms in total. The van der Waals surface area contributed by atoms with Gasteiger partial charge in [0.1, 0.15) is 11.5 Å². The molecular formula is C35H37Cl2O2Zr. The molecule has 0 aromatic heterocycles. The van der Waals surface area contributed by atoms with E-state index >= 15 is 0 Å². The van der Waals surface area contributed by atoms with E-state index in [1.165, 1.54) is 55.6 Å². The number of ether oxygens (including phenoxy) is 2. The van der Waals surface area contributed by atoms with E-state index in [0.717, 1.165) is 11.5 Å². The monoisotopic (exact) mass is 649 g/mol. The second-order valence-electron chi connectivity index (χ2n) is 12.1. The van der Waals surface area contributed by atoms with Gasteiger partial charge in [-0.15, -0.1) is 0 Å². The van der Waals surface area contributed by atoms with Gasteiger partial charge in [-0.05, 0) is 115 Å². The summed E-state index contributed by atoms with van der Waals surface area (Å²) in [6.45, 7) is 13.8. The summed E-state index contributed by atoms with van der Waals surface area (Å²) in [4.78, 5) is 0. The molecule has 1 aliphatic rings. The first-order valence-corrected chi connectivity index (χ1v) is 19.7. The Kier molecular flexibility index (Phi) is 9.61. The summed E-state index contributed by atoms with van der Waals surface area (Å²) in [5, 5.41) is 0. The molecule has 40 heavy (non-hydrogen) atoms. The third-order valence-electron chi connectivity index (χ3n) is 7.40. The van der Waals surface area contributed by atoms with E-state index in [4.69, 9.17) is 26.5 Å². The van der Waals surface area contributed by atoms with E-state index in [9.17, 15) is 0 Å². The molecule has 0 bridgehead atoms. The second kappa shape index (κ2) is 12.4. The van der Waals surface area contributed by atoms with Gasteiger partial charge >= 0.3 is 37.9 Å². The van der Waals surface area contributed by atoms with Crippen LogP contribution in [0.15, 0.2) is 72.8 Å². The van der Waals surface area contributed by atoms with Crippen molar-refractivity contribution in [2.45, 2.75) is 52.4 Å². The van der Waals surface area contributed by atoms with Gasteiger partial charge in [0.25, 0.3) is 0 Å². The van der Waals surface area contributed by atoms with E-state index in [2.05, 4.69) is 96.5 Å². The Morgan fingerprint density at radius 1 is 0.525 bits per heavy atom. The summed E-state index contributed by atoms with van der Waals surface area (Å²) in [7, 11) is 13.3. The molecule has 0 atom stereocenters. The first-order chi connectivity index (χ1) is 18.9. The van der Waals surface area contributed by atoms with Gasteiger partial charge in [0.2, 0.25) is 0 Å². The maximum atomic E-state index is 5.40. The molecule has 0 aliphatic heterocycles. The van der Waals surface area contributed by atoms with Crippen LogP contribution in [-0.4, -0.2) is 14.2 Å². The summed E-state index contributed by atoms with van der Waals surface area (Å²) in [5.74, 6) is 1.75. The molecule has 5 heteroatoms. The van der Waals surface area contributed by atoms with Crippen LogP contribution in [0.25, 0.3) is 33.4 Å². The average molecular weight is 652 g/mol. The number of benzene rings is 4. The van der Waals surface area contributed by atoms with Crippen molar-refractivity contribution in [3.05, 3.63) is 101 Å². The summed E-state index contributed by atoms with van der Waals surface area (Å²) >= 11 is -0.826. The van der Waals surface area contributed by atoms with Gasteiger partial charge in [-0.2, -0.15) is 0 Å². The van der Waals surface area contributed by atoms with E-state index < -0.39 is 20.8 Å². The Labute approximate surface area is 258 Å². The summed E-state index contributed by atoms with van der Waals surface area (Å²) in [6, 6.07) is 26.4. The Morgan fingerprint density at radius 3 is 1.12 bits per heavy atom. The minimum absolute atomic E-state index is 0.00291. The molecule has 0 amide bonds. The van der Waals surface area contributed by atoms with Crippen molar-refractivity contribution >= 4 is 17.0 Å². The second-order valence-corrected chi connectivity index (χ2v) is 15.9. The van der Waals surface area contributed by atoms with Crippen molar-refractivity contribution in [2.75, 3.05) is 14.2 Å². The van der Waals surface area contributed by atoms with Crippen molar-refractivity contribution in [3.63, 3.8) is 0 Å². The van der Waals surface area contributed by atoms with Crippen LogP contribution in [0.5, 0.6) is 11.5 Å². The van der Waals surface area contributed by atoms with Crippen LogP contribution in [0.3, 0.4) is 0 Å². The van der Waals surface area contributed by atoms with Crippen LogP contribution in [0, 0.1) is 6.42 Å². The van der Waals surface area contributed by atoms with Crippen LogP contribution in [-0.2, 0) is 31.7 Å². The maximum absolute atomic E-state index is 5.40. The Bertz CT molecular complexity index is 1370. The molecule has 0 fully saturated rings. The molecule has 0 saturated carbocycles. The molecule has 0 heterocycles. The number of rotatable bonds is 4. The molecule has 4 aromatic carbocycles. The Hall–Kier alpha value is -2.06. The zero-order chi connectivity index (χ0) is 29.2. The van der Waals surface area contributed by atoms with Crippen LogP contribution >= 0.6 is 17.0 Å². The zero-order valence-corrected chi connectivity index (χ0v) is 28.5. The van der Waals surface area contributed by atoms with E-state index in [-0.39, 0.29) is 10.8 Å². The average Bonchev–Trinajstić information content (AvgIpc) is 3.28. The quantitative estimate of drug-likeness (QED) is 0.193. The summed E-state index contributed by atoms with van der Waals surface area (Å²) in [6.07, 6.45) is 2.35. The molecule has 0 unspecified atom stereocenters. The van der Waals surface area contributed by atoms with Gasteiger partial charge in [-0.1, -0.05) is 65.8 Å². The van der Waals surface area contributed by atoms with Crippen LogP contribution in [0.1, 0.15) is 63.8 Å². The number of hydrogen-bond donors (Lipinski definition) is 0. The van der Waals surface area contributed by atoms with Gasteiger partial charge < -0.3 is 9.47 Å². The van der Waals surface area contributed by atoms with Crippen LogP contribution < -0.4 is 9.47 Å². The molecule has 0 spiro atoms. The normalized spacial score (nSPS) is 12.2. The number of halogens is 2. The van der Waals surface area contributed by atoms with Crippen LogP contribution in [0.4, 0.5) is 0 Å². The summed E-state index contributed by atoms with van der Waals surface area (Å²) in [5.41, 5.74) is 12.9. The van der Waals surface area contributed by atoms with E-state index in [1.807, 2.05) is 24.3 Å². The molecule has 5 rings (SSSR count). The van der Waals surface area contributed by atoms with Crippen molar-refractivity contribution < 1.29 is 30.3 Å². The Balaban J connectivity index is 0.00000118. The predicted molar refractivity (Wildman–Crippen MR) is 167 cm³/mol. The van der Waals surface area contributed by atoms with Crippen molar-refractivity contribution in [1.29, 1.82) is 0 Å². The van der Waals surface area contributed by atoms with E-state index in [1.54, 1.807) is 14.2 Å². The standard InChI is InChI=1S/C35H37O2.2ClH.Zr/c1-34(2,3)32-20-28-24(18-30(32)22-9-13-26(36-7)14-10-22)17-25-19-31(23-11-15-27(37-8)16-12-23)33(21-29(25)28)35(4,5)6;;;/h9-21H,1-8H3;2*1H;/q;;;+2/p-2. The van der Waals surface area contributed by atoms with Gasteiger partial charge in [0.15, 0.2) is 0 Å². The predicted octanol–water partition coefficient (Wildman–Crippen LogP) is 10.6. The zero-order valence-electron chi connectivity index (χ0n) is 24.6. The topological polar surface area (TPSA) is 18.5 Å². The number of methoxy groups -OCH3 is 2. The fourth-order valence-electron chi connectivity index (χ4n) is 5.37. The SMILES string of the molecule is COc1ccc(-c2cc3c(cc2C(C)(C)C)-c2cc(C(C)(C)C)c(-c4ccc(OC)cc4)cc2[CH]3)cc1.[Cl][Zr][Cl]. The fourth-order valence-corrected chi connectivity index (χ4v) is 5.37. The molecule has 1 radical (unpaired) electrons. The van der Waals surface area contributed by atoms with Crippen LogP contribution in [0.2, 0.25) is 0 Å². The minimum atomic E-state index is -0.826. The number of fused-ring (bicyclic) bond motifs is 3.